The number of rotatable bonds is 4. The Labute approximate surface area is 285 Å². The van der Waals surface area contributed by atoms with E-state index in [9.17, 15) is 0 Å². The van der Waals surface area contributed by atoms with Crippen LogP contribution in [0.4, 0.5) is 0 Å². The second-order valence-corrected chi connectivity index (χ2v) is 15.1. The fraction of sp³-hybridized carbons (Fsp3) is 0.333. The van der Waals surface area contributed by atoms with E-state index in [2.05, 4.69) is 84.1 Å². The van der Waals surface area contributed by atoms with Crippen LogP contribution in [-0.2, 0) is 5.41 Å². The fourth-order valence-electron chi connectivity index (χ4n) is 9.26. The van der Waals surface area contributed by atoms with E-state index in [1.54, 1.807) is 0 Å². The zero-order chi connectivity index (χ0) is 31.0. The Balaban J connectivity index is 1.02. The molecule has 0 saturated heterocycles. The molecule has 0 radical (unpaired) electrons. The van der Waals surface area contributed by atoms with Gasteiger partial charge in [-0.25, -0.2) is 0 Å². The first-order valence-corrected chi connectivity index (χ1v) is 17.8. The second-order valence-electron chi connectivity index (χ2n) is 14.1. The molecule has 0 unspecified atom stereocenters. The Hall–Kier alpha value is -3.13. The summed E-state index contributed by atoms with van der Waals surface area (Å²) in [6.45, 7) is 0. The minimum absolute atomic E-state index is 0.201. The van der Waals surface area contributed by atoms with Crippen molar-refractivity contribution < 1.29 is 0 Å². The van der Waals surface area contributed by atoms with Crippen LogP contribution in [0.5, 0.6) is 0 Å². The van der Waals surface area contributed by atoms with Crippen molar-refractivity contribution in [2.24, 2.45) is 22.2 Å². The van der Waals surface area contributed by atoms with Gasteiger partial charge in [-0.2, -0.15) is 37.9 Å². The van der Waals surface area contributed by atoms with Crippen LogP contribution in [0.25, 0.3) is 0 Å². The molecule has 0 atom stereocenters. The lowest BCUT2D eigenvalue weighted by Crippen LogP contribution is -2.64. The molecule has 5 aliphatic rings. The Morgan fingerprint density at radius 1 is 0.467 bits per heavy atom. The van der Waals surface area contributed by atoms with E-state index in [1.807, 2.05) is 48.6 Å². The summed E-state index contributed by atoms with van der Waals surface area (Å²) < 4.78 is 0. The molecule has 224 valence electrons. The molecular formula is C42H38S3. The van der Waals surface area contributed by atoms with Gasteiger partial charge >= 0.3 is 0 Å². The van der Waals surface area contributed by atoms with Crippen molar-refractivity contribution in [2.45, 2.75) is 43.9 Å². The van der Waals surface area contributed by atoms with Crippen molar-refractivity contribution in [3.8, 4) is 35.5 Å². The van der Waals surface area contributed by atoms with E-state index in [-0.39, 0.29) is 11.3 Å². The summed E-state index contributed by atoms with van der Waals surface area (Å²) in [7, 11) is 0. The molecule has 0 heterocycles. The normalized spacial score (nSPS) is 29.0. The standard InChI is InChI=1S/C42H38S3/c43-29-39-23-40(30-44)25-41(24-39,31-45)28-42(26-39,27-40)38-21-19-37(20-22-38)18-17-36-15-13-35(14-16-36)12-11-34-9-7-33(8-10-34)6-5-32-3-1-2-4-32/h1-4,7-10,13-16,19-22,32,43-45H,23-31H2. The van der Waals surface area contributed by atoms with Crippen LogP contribution in [0, 0.1) is 57.7 Å². The highest BCUT2D eigenvalue weighted by Gasteiger charge is 2.67. The number of hydrogen-bond acceptors (Lipinski definition) is 3. The summed E-state index contributed by atoms with van der Waals surface area (Å²) >= 11 is 14.8. The molecule has 3 heteroatoms. The van der Waals surface area contributed by atoms with E-state index >= 15 is 0 Å². The van der Waals surface area contributed by atoms with E-state index in [0.29, 0.717) is 16.2 Å². The third kappa shape index (κ3) is 6.19. The number of allylic oxidation sites excluding steroid dienone is 4. The maximum Gasteiger partial charge on any atom is 0.0573 e. The zero-order valence-corrected chi connectivity index (χ0v) is 28.2. The molecule has 4 saturated carbocycles. The monoisotopic (exact) mass is 638 g/mol. The predicted molar refractivity (Wildman–Crippen MR) is 198 cm³/mol. The maximum atomic E-state index is 4.92. The van der Waals surface area contributed by atoms with E-state index in [1.165, 1.54) is 44.1 Å². The lowest BCUT2D eigenvalue weighted by molar-refractivity contribution is -0.145. The molecule has 0 nitrogen and oxygen atoms in total. The van der Waals surface area contributed by atoms with Crippen LogP contribution in [0.1, 0.15) is 71.9 Å². The largest absolute Gasteiger partial charge is 0.179 e. The minimum Gasteiger partial charge on any atom is -0.179 e. The number of benzene rings is 3. The zero-order valence-electron chi connectivity index (χ0n) is 25.5. The first kappa shape index (κ1) is 30.5. The Morgan fingerprint density at radius 3 is 1.16 bits per heavy atom. The summed E-state index contributed by atoms with van der Waals surface area (Å²) in [5.74, 6) is 22.9. The SMILES string of the molecule is SCC12CC3(CS)CC(CS)(C1)CC(c1ccc(C#Cc4ccc(C#Cc5ccc(C#CC6C=CC=C6)cc5)cc4)cc1)(C2)C3. The molecular weight excluding hydrogens is 601 g/mol. The van der Waals surface area contributed by atoms with E-state index < -0.39 is 0 Å². The summed E-state index contributed by atoms with van der Waals surface area (Å²) in [5, 5.41) is 0. The van der Waals surface area contributed by atoms with Gasteiger partial charge in [-0.3, -0.25) is 0 Å². The highest BCUT2D eigenvalue weighted by Crippen LogP contribution is 2.74. The van der Waals surface area contributed by atoms with Gasteiger partial charge in [0.05, 0.1) is 5.92 Å². The van der Waals surface area contributed by atoms with Gasteiger partial charge in [-0.15, -0.1) is 0 Å². The molecule has 0 aromatic heterocycles. The summed E-state index contributed by atoms with van der Waals surface area (Å²) in [6.07, 6.45) is 15.8. The molecule has 8 rings (SSSR count). The molecule has 0 spiro atoms. The van der Waals surface area contributed by atoms with Crippen molar-refractivity contribution >= 4 is 37.9 Å². The molecule has 0 N–H and O–H groups in total. The van der Waals surface area contributed by atoms with Crippen molar-refractivity contribution in [2.75, 3.05) is 17.3 Å². The fourth-order valence-corrected chi connectivity index (χ4v) is 10.3. The van der Waals surface area contributed by atoms with Gasteiger partial charge in [-0.05, 0) is 144 Å². The summed E-state index contributed by atoms with van der Waals surface area (Å²) in [6, 6.07) is 25.4. The lowest BCUT2D eigenvalue weighted by atomic mass is 9.35. The topological polar surface area (TPSA) is 0 Å². The van der Waals surface area contributed by atoms with Gasteiger partial charge in [0.25, 0.3) is 0 Å². The average molecular weight is 639 g/mol. The smallest absolute Gasteiger partial charge is 0.0573 e. The van der Waals surface area contributed by atoms with Gasteiger partial charge in [0, 0.05) is 27.8 Å². The molecule has 4 bridgehead atoms. The Morgan fingerprint density at radius 2 is 0.800 bits per heavy atom. The molecule has 3 aromatic carbocycles. The summed E-state index contributed by atoms with van der Waals surface area (Å²) in [4.78, 5) is 0. The highest BCUT2D eigenvalue weighted by molar-refractivity contribution is 7.80. The first-order valence-electron chi connectivity index (χ1n) is 15.9. The van der Waals surface area contributed by atoms with E-state index in [4.69, 9.17) is 37.9 Å². The van der Waals surface area contributed by atoms with Crippen molar-refractivity contribution in [3.63, 3.8) is 0 Å². The van der Waals surface area contributed by atoms with Crippen LogP contribution in [0.15, 0.2) is 97.1 Å². The van der Waals surface area contributed by atoms with E-state index in [0.717, 1.165) is 45.1 Å². The highest BCUT2D eigenvalue weighted by atomic mass is 32.1. The van der Waals surface area contributed by atoms with Crippen LogP contribution in [-0.4, -0.2) is 17.3 Å². The van der Waals surface area contributed by atoms with Crippen LogP contribution in [0.2, 0.25) is 0 Å². The Kier molecular flexibility index (Phi) is 8.30. The Bertz CT molecular complexity index is 1750. The lowest BCUT2D eigenvalue weighted by Gasteiger charge is -2.71. The summed E-state index contributed by atoms with van der Waals surface area (Å²) in [5.41, 5.74) is 7.59. The number of hydrogen-bond donors (Lipinski definition) is 3. The third-order valence-corrected chi connectivity index (χ3v) is 12.5. The van der Waals surface area contributed by atoms with Gasteiger partial charge in [0.15, 0.2) is 0 Å². The first-order chi connectivity index (χ1) is 21.9. The van der Waals surface area contributed by atoms with Gasteiger partial charge in [0.1, 0.15) is 0 Å². The van der Waals surface area contributed by atoms with Crippen LogP contribution >= 0.6 is 37.9 Å². The van der Waals surface area contributed by atoms with Crippen molar-refractivity contribution in [1.82, 2.24) is 0 Å². The molecule has 3 aromatic rings. The third-order valence-electron chi connectivity index (χ3n) is 10.5. The molecule has 45 heavy (non-hydrogen) atoms. The van der Waals surface area contributed by atoms with Crippen molar-refractivity contribution in [1.29, 1.82) is 0 Å². The van der Waals surface area contributed by atoms with Crippen LogP contribution in [0.3, 0.4) is 0 Å². The number of thiol groups is 3. The molecule has 5 aliphatic carbocycles. The van der Waals surface area contributed by atoms with Crippen LogP contribution < -0.4 is 0 Å². The second kappa shape index (κ2) is 12.2. The van der Waals surface area contributed by atoms with Crippen molar-refractivity contribution in [3.05, 3.63) is 130 Å². The molecule has 4 fully saturated rings. The minimum atomic E-state index is 0.201. The average Bonchev–Trinajstić information content (AvgIpc) is 3.60. The van der Waals surface area contributed by atoms with Gasteiger partial charge in [0.2, 0.25) is 0 Å². The maximum absolute atomic E-state index is 4.92. The quantitative estimate of drug-likeness (QED) is 0.184. The van der Waals surface area contributed by atoms with Gasteiger partial charge < -0.3 is 0 Å². The molecule has 0 amide bonds. The predicted octanol–water partition coefficient (Wildman–Crippen LogP) is 8.95. The van der Waals surface area contributed by atoms with Gasteiger partial charge in [-0.1, -0.05) is 72.0 Å². The molecule has 0 aliphatic heterocycles.